The first-order valence-corrected chi connectivity index (χ1v) is 7.74. The summed E-state index contributed by atoms with van der Waals surface area (Å²) in [6, 6.07) is 7.33. The topological polar surface area (TPSA) is 49.8 Å². The molecule has 0 amide bonds. The first kappa shape index (κ1) is 15.8. The molecule has 2 rings (SSSR count). The summed E-state index contributed by atoms with van der Waals surface area (Å²) in [6.07, 6.45) is 4.89. The number of esters is 1. The van der Waals surface area contributed by atoms with Gasteiger partial charge in [-0.2, -0.15) is 0 Å². The van der Waals surface area contributed by atoms with Crippen molar-refractivity contribution in [2.45, 2.75) is 50.7 Å². The van der Waals surface area contributed by atoms with E-state index in [1.54, 1.807) is 12.1 Å². The molecule has 1 saturated carbocycles. The number of rotatable bonds is 3. The highest BCUT2D eigenvalue weighted by molar-refractivity contribution is 5.90. The van der Waals surface area contributed by atoms with E-state index in [4.69, 9.17) is 4.74 Å². The summed E-state index contributed by atoms with van der Waals surface area (Å²) in [5.41, 5.74) is 1.58. The summed E-state index contributed by atoms with van der Waals surface area (Å²) in [4.78, 5) is 14.2. The van der Waals surface area contributed by atoms with Crippen LogP contribution in [0.25, 0.3) is 0 Å². The normalized spacial score (nSPS) is 23.0. The molecule has 116 valence electrons. The Hall–Kier alpha value is -1.55. The van der Waals surface area contributed by atoms with E-state index < -0.39 is 6.10 Å². The summed E-state index contributed by atoms with van der Waals surface area (Å²) in [6.45, 7) is 0. The molecule has 0 unspecified atom stereocenters. The van der Waals surface area contributed by atoms with Crippen molar-refractivity contribution in [3.05, 3.63) is 29.8 Å². The zero-order valence-electron chi connectivity index (χ0n) is 12.9. The number of carbonyl (C=O) groups excluding carboxylic acids is 1. The molecule has 1 aromatic rings. The Bertz CT molecular complexity index is 456. The highest BCUT2D eigenvalue weighted by Gasteiger charge is 2.24. The minimum absolute atomic E-state index is 0.343. The van der Waals surface area contributed by atoms with Gasteiger partial charge >= 0.3 is 5.97 Å². The van der Waals surface area contributed by atoms with E-state index >= 15 is 0 Å². The Kier molecular flexibility index (Phi) is 5.62. The molecule has 1 aliphatic carbocycles. The Labute approximate surface area is 126 Å². The summed E-state index contributed by atoms with van der Waals surface area (Å²) < 4.78 is 5.52. The maximum atomic E-state index is 12.2. The molecule has 1 fully saturated rings. The smallest absolute Gasteiger partial charge is 0.338 e. The van der Waals surface area contributed by atoms with Gasteiger partial charge in [-0.25, -0.2) is 4.79 Å². The largest absolute Gasteiger partial charge is 0.456 e. The van der Waals surface area contributed by atoms with Crippen LogP contribution in [0.5, 0.6) is 0 Å². The van der Waals surface area contributed by atoms with Crippen molar-refractivity contribution < 1.29 is 14.6 Å². The van der Waals surface area contributed by atoms with Crippen molar-refractivity contribution in [1.29, 1.82) is 0 Å². The van der Waals surface area contributed by atoms with Crippen molar-refractivity contribution in [3.63, 3.8) is 0 Å². The molecule has 0 aliphatic heterocycles. The van der Waals surface area contributed by atoms with Crippen LogP contribution in [-0.4, -0.2) is 37.4 Å². The molecule has 0 saturated heterocycles. The van der Waals surface area contributed by atoms with E-state index in [9.17, 15) is 9.90 Å². The molecule has 1 aromatic carbocycles. The number of hydrogen-bond acceptors (Lipinski definition) is 4. The lowest BCUT2D eigenvalue weighted by atomic mass is 9.96. The minimum atomic E-state index is -0.532. The molecule has 1 N–H and O–H groups in total. The van der Waals surface area contributed by atoms with Gasteiger partial charge in [0.15, 0.2) is 0 Å². The molecule has 4 nitrogen and oxygen atoms in total. The first-order valence-electron chi connectivity index (χ1n) is 7.74. The first-order chi connectivity index (χ1) is 10.1. The number of aliphatic hydroxyl groups excluding tert-OH is 1. The van der Waals surface area contributed by atoms with Crippen molar-refractivity contribution in [2.24, 2.45) is 0 Å². The van der Waals surface area contributed by atoms with Crippen LogP contribution < -0.4 is 4.90 Å². The Balaban J connectivity index is 1.98. The fourth-order valence-corrected chi connectivity index (χ4v) is 2.67. The summed E-state index contributed by atoms with van der Waals surface area (Å²) in [7, 11) is 3.91. The van der Waals surface area contributed by atoms with Crippen LogP contribution in [0, 0.1) is 0 Å². The van der Waals surface area contributed by atoms with Gasteiger partial charge in [-0.15, -0.1) is 0 Å². The van der Waals surface area contributed by atoms with Crippen LogP contribution in [0.2, 0.25) is 0 Å². The van der Waals surface area contributed by atoms with E-state index in [0.717, 1.165) is 44.2 Å². The minimum Gasteiger partial charge on any atom is -0.456 e. The molecular formula is C17H25NO3. The quantitative estimate of drug-likeness (QED) is 0.870. The monoisotopic (exact) mass is 291 g/mol. The van der Waals surface area contributed by atoms with Gasteiger partial charge in [-0.05, 0) is 43.5 Å². The lowest BCUT2D eigenvalue weighted by Crippen LogP contribution is -2.32. The highest BCUT2D eigenvalue weighted by atomic mass is 16.6. The molecule has 2 atom stereocenters. The molecule has 4 heteroatoms. The maximum absolute atomic E-state index is 12.2. The second-order valence-corrected chi connectivity index (χ2v) is 5.94. The Morgan fingerprint density at radius 3 is 2.33 bits per heavy atom. The van der Waals surface area contributed by atoms with Gasteiger partial charge in [0.1, 0.15) is 6.10 Å². The molecule has 1 aliphatic rings. The van der Waals surface area contributed by atoms with Crippen molar-refractivity contribution in [2.75, 3.05) is 19.0 Å². The van der Waals surface area contributed by atoms with Gasteiger partial charge in [-0.3, -0.25) is 0 Å². The average Bonchev–Trinajstić information content (AvgIpc) is 2.47. The highest BCUT2D eigenvalue weighted by Crippen LogP contribution is 2.21. The van der Waals surface area contributed by atoms with E-state index in [2.05, 4.69) is 0 Å². The number of hydrogen-bond donors (Lipinski definition) is 1. The Morgan fingerprint density at radius 2 is 1.71 bits per heavy atom. The summed E-state index contributed by atoms with van der Waals surface area (Å²) in [5, 5.41) is 10.1. The predicted octanol–water partition coefficient (Wildman–Crippen LogP) is 2.99. The zero-order valence-corrected chi connectivity index (χ0v) is 12.9. The maximum Gasteiger partial charge on any atom is 0.338 e. The van der Waals surface area contributed by atoms with Crippen molar-refractivity contribution in [3.8, 4) is 0 Å². The van der Waals surface area contributed by atoms with Crippen LogP contribution in [0.15, 0.2) is 24.3 Å². The number of anilines is 1. The van der Waals surface area contributed by atoms with Gasteiger partial charge in [0.25, 0.3) is 0 Å². The molecule has 0 spiro atoms. The van der Waals surface area contributed by atoms with E-state index in [1.807, 2.05) is 31.1 Å². The SMILES string of the molecule is CN(C)c1ccc(C(=O)O[C@@H]2CCCCCC[C@@H]2O)cc1. The van der Waals surface area contributed by atoms with Gasteiger partial charge in [0, 0.05) is 19.8 Å². The molecule has 21 heavy (non-hydrogen) atoms. The lowest BCUT2D eigenvalue weighted by Gasteiger charge is -2.25. The second-order valence-electron chi connectivity index (χ2n) is 5.94. The summed E-state index contributed by atoms with van der Waals surface area (Å²) in [5.74, 6) is -0.343. The third kappa shape index (κ3) is 4.46. The van der Waals surface area contributed by atoms with Crippen molar-refractivity contribution >= 4 is 11.7 Å². The van der Waals surface area contributed by atoms with Crippen LogP contribution >= 0.6 is 0 Å². The van der Waals surface area contributed by atoms with Gasteiger partial charge in [-0.1, -0.05) is 19.3 Å². The third-order valence-electron chi connectivity index (χ3n) is 4.05. The predicted molar refractivity (Wildman–Crippen MR) is 83.7 cm³/mol. The standard InChI is InChI=1S/C17H25NO3/c1-18(2)14-11-9-13(10-12-14)17(20)21-16-8-6-4-3-5-7-15(16)19/h9-12,15-16,19H,3-8H2,1-2H3/t15-,16+/m0/s1. The van der Waals surface area contributed by atoms with E-state index in [1.165, 1.54) is 0 Å². The molecular weight excluding hydrogens is 266 g/mol. The molecule has 0 radical (unpaired) electrons. The molecule has 0 aromatic heterocycles. The van der Waals surface area contributed by atoms with E-state index in [-0.39, 0.29) is 12.1 Å². The molecule has 0 heterocycles. The van der Waals surface area contributed by atoms with Crippen LogP contribution in [0.4, 0.5) is 5.69 Å². The number of benzene rings is 1. The van der Waals surface area contributed by atoms with Crippen LogP contribution in [0.3, 0.4) is 0 Å². The molecule has 0 bridgehead atoms. The fourth-order valence-electron chi connectivity index (χ4n) is 2.67. The van der Waals surface area contributed by atoms with Gasteiger partial charge < -0.3 is 14.7 Å². The average molecular weight is 291 g/mol. The fraction of sp³-hybridized carbons (Fsp3) is 0.588. The van der Waals surface area contributed by atoms with Crippen molar-refractivity contribution in [1.82, 2.24) is 0 Å². The number of aliphatic hydroxyl groups is 1. The van der Waals surface area contributed by atoms with Gasteiger partial charge in [0.2, 0.25) is 0 Å². The number of nitrogens with zero attached hydrogens (tertiary/aromatic N) is 1. The van der Waals surface area contributed by atoms with Crippen LogP contribution in [0.1, 0.15) is 48.9 Å². The number of ether oxygens (including phenoxy) is 1. The van der Waals surface area contributed by atoms with E-state index in [0.29, 0.717) is 5.56 Å². The van der Waals surface area contributed by atoms with Crippen LogP contribution in [-0.2, 0) is 4.74 Å². The number of carbonyl (C=O) groups is 1. The third-order valence-corrected chi connectivity index (χ3v) is 4.05. The Morgan fingerprint density at radius 1 is 1.10 bits per heavy atom. The second kappa shape index (κ2) is 7.46. The van der Waals surface area contributed by atoms with Gasteiger partial charge in [0.05, 0.1) is 11.7 Å². The lowest BCUT2D eigenvalue weighted by molar-refractivity contribution is -0.0282. The zero-order chi connectivity index (χ0) is 15.2. The summed E-state index contributed by atoms with van der Waals surface area (Å²) >= 11 is 0.